The number of carbonyl (C=O) groups is 2. The van der Waals surface area contributed by atoms with E-state index in [0.717, 1.165) is 30.2 Å². The minimum absolute atomic E-state index is 0.00624. The Balaban J connectivity index is 2.38. The van der Waals surface area contributed by atoms with E-state index in [1.807, 2.05) is 0 Å². The van der Waals surface area contributed by atoms with Crippen molar-refractivity contribution in [3.05, 3.63) is 29.6 Å². The Morgan fingerprint density at radius 3 is 2.62 bits per heavy atom. The van der Waals surface area contributed by atoms with E-state index in [-0.39, 0.29) is 11.3 Å². The van der Waals surface area contributed by atoms with E-state index < -0.39 is 46.1 Å². The average Bonchev–Trinajstić information content (AvgIpc) is 2.80. The van der Waals surface area contributed by atoms with Crippen LogP contribution in [-0.2, 0) is 19.8 Å². The maximum Gasteiger partial charge on any atom is 0.337 e. The van der Waals surface area contributed by atoms with Crippen molar-refractivity contribution < 1.29 is 31.0 Å². The number of methoxy groups -OCH3 is 1. The first-order chi connectivity index (χ1) is 9.74. The van der Waals surface area contributed by atoms with Gasteiger partial charge >= 0.3 is 16.2 Å². The standard InChI is InChI=1S/C12H11F2NO5S/c1-20-12(17)7-2-3-9(13)10(4-7)15-6-8(5-11(15)16)21(14,18)19/h2-4,8H,5-6H2,1H3. The highest BCUT2D eigenvalue weighted by atomic mass is 32.3. The van der Waals surface area contributed by atoms with Crippen LogP contribution < -0.4 is 4.90 Å². The van der Waals surface area contributed by atoms with E-state index in [4.69, 9.17) is 0 Å². The van der Waals surface area contributed by atoms with Crippen LogP contribution in [-0.4, -0.2) is 39.2 Å². The summed E-state index contributed by atoms with van der Waals surface area (Å²) in [6.45, 7) is -0.501. The number of rotatable bonds is 3. The lowest BCUT2D eigenvalue weighted by molar-refractivity contribution is -0.117. The number of nitrogens with zero attached hydrogens (tertiary/aromatic N) is 1. The minimum atomic E-state index is -4.90. The number of carbonyl (C=O) groups excluding carboxylic acids is 2. The zero-order valence-corrected chi connectivity index (χ0v) is 11.7. The molecule has 2 rings (SSSR count). The van der Waals surface area contributed by atoms with Crippen LogP contribution in [0.2, 0.25) is 0 Å². The molecule has 1 atom stereocenters. The quantitative estimate of drug-likeness (QED) is 0.614. The summed E-state index contributed by atoms with van der Waals surface area (Å²) in [5.41, 5.74) is -0.290. The van der Waals surface area contributed by atoms with Crippen LogP contribution in [0.15, 0.2) is 18.2 Å². The van der Waals surface area contributed by atoms with Gasteiger partial charge in [-0.1, -0.05) is 0 Å². The molecule has 1 aliphatic heterocycles. The molecule has 114 valence electrons. The highest BCUT2D eigenvalue weighted by Crippen LogP contribution is 2.29. The van der Waals surface area contributed by atoms with Crippen LogP contribution >= 0.6 is 0 Å². The van der Waals surface area contributed by atoms with Crippen LogP contribution in [0.25, 0.3) is 0 Å². The Kier molecular flexibility index (Phi) is 3.95. The van der Waals surface area contributed by atoms with Gasteiger partial charge in [0.15, 0.2) is 0 Å². The molecule has 0 N–H and O–H groups in total. The molecular formula is C12H11F2NO5S. The molecule has 1 aromatic carbocycles. The summed E-state index contributed by atoms with van der Waals surface area (Å²) in [5, 5.41) is -1.54. The third kappa shape index (κ3) is 3.02. The lowest BCUT2D eigenvalue weighted by atomic mass is 10.2. The molecule has 0 saturated carbocycles. The number of anilines is 1. The Hall–Kier alpha value is -2.03. The molecule has 9 heteroatoms. The smallest absolute Gasteiger partial charge is 0.337 e. The van der Waals surface area contributed by atoms with Crippen molar-refractivity contribution in [3.63, 3.8) is 0 Å². The summed E-state index contributed by atoms with van der Waals surface area (Å²) < 4.78 is 52.9. The number of benzene rings is 1. The van der Waals surface area contributed by atoms with Crippen LogP contribution in [0.5, 0.6) is 0 Å². The number of hydrogen-bond donors (Lipinski definition) is 0. The Bertz CT molecular complexity index is 704. The van der Waals surface area contributed by atoms with Gasteiger partial charge in [0.25, 0.3) is 0 Å². The Morgan fingerprint density at radius 1 is 1.43 bits per heavy atom. The molecule has 1 heterocycles. The predicted molar refractivity (Wildman–Crippen MR) is 68.5 cm³/mol. The molecule has 0 aliphatic carbocycles. The molecule has 0 radical (unpaired) electrons. The maximum absolute atomic E-state index is 13.8. The van der Waals surface area contributed by atoms with Gasteiger partial charge in [-0.25, -0.2) is 9.18 Å². The summed E-state index contributed by atoms with van der Waals surface area (Å²) in [4.78, 5) is 23.9. The summed E-state index contributed by atoms with van der Waals surface area (Å²) in [7, 11) is -3.76. The normalized spacial score (nSPS) is 18.9. The minimum Gasteiger partial charge on any atom is -0.465 e. The molecule has 1 fully saturated rings. The third-order valence-corrected chi connectivity index (χ3v) is 4.26. The second kappa shape index (κ2) is 5.40. The number of hydrogen-bond acceptors (Lipinski definition) is 5. The van der Waals surface area contributed by atoms with Gasteiger partial charge in [0.05, 0.1) is 18.4 Å². The molecule has 1 aliphatic rings. The molecule has 1 amide bonds. The summed E-state index contributed by atoms with van der Waals surface area (Å²) in [6.07, 6.45) is -0.569. The molecule has 1 unspecified atom stereocenters. The van der Waals surface area contributed by atoms with Crippen molar-refractivity contribution >= 4 is 27.8 Å². The van der Waals surface area contributed by atoms with Gasteiger partial charge in [0.1, 0.15) is 11.1 Å². The number of amides is 1. The third-order valence-electron chi connectivity index (χ3n) is 3.15. The van der Waals surface area contributed by atoms with Crippen LogP contribution in [0.4, 0.5) is 14.0 Å². The predicted octanol–water partition coefficient (Wildman–Crippen LogP) is 1.02. The van der Waals surface area contributed by atoms with Gasteiger partial charge < -0.3 is 9.64 Å². The zero-order chi connectivity index (χ0) is 15.8. The van der Waals surface area contributed by atoms with Crippen molar-refractivity contribution in [2.75, 3.05) is 18.6 Å². The first-order valence-electron chi connectivity index (χ1n) is 5.85. The van der Waals surface area contributed by atoms with E-state index in [1.54, 1.807) is 0 Å². The topological polar surface area (TPSA) is 80.8 Å². The molecule has 0 spiro atoms. The van der Waals surface area contributed by atoms with Gasteiger partial charge in [0, 0.05) is 13.0 Å². The van der Waals surface area contributed by atoms with Crippen LogP contribution in [0.1, 0.15) is 16.8 Å². The van der Waals surface area contributed by atoms with E-state index in [0.29, 0.717) is 0 Å². The number of ether oxygens (including phenoxy) is 1. The highest BCUT2D eigenvalue weighted by molar-refractivity contribution is 7.87. The lowest BCUT2D eigenvalue weighted by Crippen LogP contribution is -2.28. The van der Waals surface area contributed by atoms with Crippen molar-refractivity contribution in [2.24, 2.45) is 0 Å². The highest BCUT2D eigenvalue weighted by Gasteiger charge is 2.40. The average molecular weight is 319 g/mol. The molecular weight excluding hydrogens is 308 g/mol. The summed E-state index contributed by atoms with van der Waals surface area (Å²) in [6, 6.07) is 3.17. The van der Waals surface area contributed by atoms with Crippen molar-refractivity contribution in [1.82, 2.24) is 0 Å². The van der Waals surface area contributed by atoms with Gasteiger partial charge in [-0.3, -0.25) is 4.79 Å². The Morgan fingerprint density at radius 2 is 2.10 bits per heavy atom. The number of esters is 1. The summed E-state index contributed by atoms with van der Waals surface area (Å²) in [5.74, 6) is -2.30. The molecule has 21 heavy (non-hydrogen) atoms. The molecule has 6 nitrogen and oxygen atoms in total. The largest absolute Gasteiger partial charge is 0.465 e. The van der Waals surface area contributed by atoms with Gasteiger partial charge in [-0.05, 0) is 18.2 Å². The molecule has 0 aromatic heterocycles. The summed E-state index contributed by atoms with van der Waals surface area (Å²) >= 11 is 0. The maximum atomic E-state index is 13.8. The monoisotopic (exact) mass is 319 g/mol. The number of halogens is 2. The van der Waals surface area contributed by atoms with E-state index >= 15 is 0 Å². The lowest BCUT2D eigenvalue weighted by Gasteiger charge is -2.17. The van der Waals surface area contributed by atoms with Gasteiger partial charge in [-0.15, -0.1) is 3.89 Å². The van der Waals surface area contributed by atoms with Crippen LogP contribution in [0.3, 0.4) is 0 Å². The van der Waals surface area contributed by atoms with Crippen LogP contribution in [0, 0.1) is 5.82 Å². The zero-order valence-electron chi connectivity index (χ0n) is 10.9. The van der Waals surface area contributed by atoms with E-state index in [2.05, 4.69) is 4.74 Å². The fraction of sp³-hybridized carbons (Fsp3) is 0.333. The van der Waals surface area contributed by atoms with Crippen molar-refractivity contribution in [1.29, 1.82) is 0 Å². The molecule has 1 saturated heterocycles. The first kappa shape index (κ1) is 15.4. The fourth-order valence-electron chi connectivity index (χ4n) is 2.06. The van der Waals surface area contributed by atoms with Gasteiger partial charge in [0.2, 0.25) is 5.91 Å². The SMILES string of the molecule is COC(=O)c1ccc(F)c(N2CC(S(=O)(=O)F)CC2=O)c1. The second-order valence-corrected chi connectivity index (χ2v) is 6.08. The fourth-order valence-corrected chi connectivity index (χ4v) is 2.73. The Labute approximate surface area is 119 Å². The van der Waals surface area contributed by atoms with Crippen molar-refractivity contribution in [3.8, 4) is 0 Å². The van der Waals surface area contributed by atoms with Crippen molar-refractivity contribution in [2.45, 2.75) is 11.7 Å². The van der Waals surface area contributed by atoms with E-state index in [9.17, 15) is 26.3 Å². The van der Waals surface area contributed by atoms with E-state index in [1.165, 1.54) is 0 Å². The molecule has 1 aromatic rings. The first-order valence-corrected chi connectivity index (χ1v) is 7.30. The molecule has 0 bridgehead atoms. The second-order valence-electron chi connectivity index (χ2n) is 4.46. The van der Waals surface area contributed by atoms with Gasteiger partial charge in [-0.2, -0.15) is 8.42 Å².